The minimum Gasteiger partial charge on any atom is -0.395 e. The number of benzene rings is 1. The quantitative estimate of drug-likeness (QED) is 0.782. The lowest BCUT2D eigenvalue weighted by Crippen LogP contribution is -2.33. The average Bonchev–Trinajstić information content (AvgIpc) is 2.30. The van der Waals surface area contributed by atoms with E-state index in [1.165, 1.54) is 0 Å². The van der Waals surface area contributed by atoms with E-state index in [-0.39, 0.29) is 18.3 Å². The highest BCUT2D eigenvalue weighted by atomic mass is 16.3. The number of rotatable bonds is 7. The first-order valence-corrected chi connectivity index (χ1v) is 6.03. The highest BCUT2D eigenvalue weighted by Crippen LogP contribution is 2.05. The second kappa shape index (κ2) is 7.20. The summed E-state index contributed by atoms with van der Waals surface area (Å²) in [6.45, 7) is 5.54. The normalized spacial score (nSPS) is 11.1. The summed E-state index contributed by atoms with van der Waals surface area (Å²) >= 11 is 0. The monoisotopic (exact) mass is 235 g/mol. The highest BCUT2D eigenvalue weighted by molar-refractivity contribution is 5.82. The van der Waals surface area contributed by atoms with E-state index in [0.717, 1.165) is 5.56 Å². The van der Waals surface area contributed by atoms with E-state index < -0.39 is 0 Å². The topological polar surface area (TPSA) is 40.5 Å². The van der Waals surface area contributed by atoms with Crippen LogP contribution in [0.15, 0.2) is 30.3 Å². The van der Waals surface area contributed by atoms with Crippen LogP contribution in [-0.4, -0.2) is 35.5 Å². The summed E-state index contributed by atoms with van der Waals surface area (Å²) in [5.74, 6) is 0.265. The fourth-order valence-electron chi connectivity index (χ4n) is 1.60. The maximum atomic E-state index is 11.7. The van der Waals surface area contributed by atoms with E-state index in [9.17, 15) is 4.79 Å². The summed E-state index contributed by atoms with van der Waals surface area (Å²) in [7, 11) is 0. The summed E-state index contributed by atoms with van der Waals surface area (Å²) in [5, 5.41) is 9.01. The predicted molar refractivity (Wildman–Crippen MR) is 68.6 cm³/mol. The van der Waals surface area contributed by atoms with E-state index in [1.807, 2.05) is 49.1 Å². The van der Waals surface area contributed by atoms with Crippen LogP contribution in [0.5, 0.6) is 0 Å². The number of Topliss-reactive ketones (excluding diaryl/α,β-unsaturated/α-hetero) is 1. The van der Waals surface area contributed by atoms with E-state index in [1.54, 1.807) is 0 Å². The third kappa shape index (κ3) is 5.11. The lowest BCUT2D eigenvalue weighted by atomic mass is 10.1. The van der Waals surface area contributed by atoms with E-state index in [2.05, 4.69) is 0 Å². The van der Waals surface area contributed by atoms with Crippen molar-refractivity contribution in [2.45, 2.75) is 20.4 Å². The molecule has 0 bridgehead atoms. The Morgan fingerprint density at radius 2 is 1.94 bits per heavy atom. The van der Waals surface area contributed by atoms with Crippen molar-refractivity contribution in [2.75, 3.05) is 19.7 Å². The van der Waals surface area contributed by atoms with Gasteiger partial charge in [-0.2, -0.15) is 0 Å². The van der Waals surface area contributed by atoms with Gasteiger partial charge in [-0.3, -0.25) is 9.69 Å². The minimum atomic E-state index is 0.0481. The zero-order valence-electron chi connectivity index (χ0n) is 10.6. The molecule has 0 saturated heterocycles. The van der Waals surface area contributed by atoms with Gasteiger partial charge in [0.05, 0.1) is 13.2 Å². The number of hydrogen-bond acceptors (Lipinski definition) is 3. The van der Waals surface area contributed by atoms with Gasteiger partial charge in [-0.25, -0.2) is 0 Å². The molecule has 0 aliphatic heterocycles. The van der Waals surface area contributed by atoms with Crippen LogP contribution in [0.25, 0.3) is 0 Å². The van der Waals surface area contributed by atoms with Crippen molar-refractivity contribution in [3.05, 3.63) is 35.9 Å². The Kier molecular flexibility index (Phi) is 5.87. The van der Waals surface area contributed by atoms with Gasteiger partial charge < -0.3 is 5.11 Å². The molecular formula is C14H21NO2. The Balaban J connectivity index is 2.57. The number of hydrogen-bond donors (Lipinski definition) is 1. The first-order chi connectivity index (χ1) is 8.13. The molecule has 3 heteroatoms. The molecule has 0 radical (unpaired) electrons. The second-order valence-electron chi connectivity index (χ2n) is 4.54. The number of carbonyl (C=O) groups is 1. The largest absolute Gasteiger partial charge is 0.395 e. The lowest BCUT2D eigenvalue weighted by molar-refractivity contribution is -0.123. The number of ketones is 1. The number of aliphatic hydroxyl groups is 1. The van der Waals surface area contributed by atoms with Crippen LogP contribution >= 0.6 is 0 Å². The fourth-order valence-corrected chi connectivity index (χ4v) is 1.60. The van der Waals surface area contributed by atoms with Gasteiger partial charge in [0.2, 0.25) is 0 Å². The van der Waals surface area contributed by atoms with Crippen LogP contribution in [0.3, 0.4) is 0 Å². The van der Waals surface area contributed by atoms with Gasteiger partial charge in [0.25, 0.3) is 0 Å². The van der Waals surface area contributed by atoms with Crippen molar-refractivity contribution < 1.29 is 9.90 Å². The van der Waals surface area contributed by atoms with Gasteiger partial charge >= 0.3 is 0 Å². The molecule has 0 spiro atoms. The van der Waals surface area contributed by atoms with Crippen LogP contribution in [0.4, 0.5) is 0 Å². The maximum Gasteiger partial charge on any atom is 0.149 e. The second-order valence-corrected chi connectivity index (χ2v) is 4.54. The molecule has 1 aromatic carbocycles. The molecule has 1 N–H and O–H groups in total. The first kappa shape index (κ1) is 13.9. The Bertz CT molecular complexity index is 335. The molecule has 0 heterocycles. The van der Waals surface area contributed by atoms with Crippen molar-refractivity contribution in [1.29, 1.82) is 0 Å². The summed E-state index contributed by atoms with van der Waals surface area (Å²) < 4.78 is 0. The smallest absolute Gasteiger partial charge is 0.149 e. The maximum absolute atomic E-state index is 11.7. The SMILES string of the molecule is CC(C)C(=O)CN(CCO)Cc1ccccc1. The lowest BCUT2D eigenvalue weighted by Gasteiger charge is -2.21. The molecule has 0 amide bonds. The molecule has 3 nitrogen and oxygen atoms in total. The third-order valence-electron chi connectivity index (χ3n) is 2.69. The van der Waals surface area contributed by atoms with Gasteiger partial charge in [0, 0.05) is 19.0 Å². The molecule has 1 aromatic rings. The molecule has 94 valence electrons. The zero-order valence-corrected chi connectivity index (χ0v) is 10.6. The van der Waals surface area contributed by atoms with Gasteiger partial charge in [-0.15, -0.1) is 0 Å². The van der Waals surface area contributed by atoms with Crippen molar-refractivity contribution >= 4 is 5.78 Å². The van der Waals surface area contributed by atoms with Crippen molar-refractivity contribution in [1.82, 2.24) is 4.90 Å². The van der Waals surface area contributed by atoms with E-state index >= 15 is 0 Å². The molecule has 1 rings (SSSR count). The molecule has 0 fully saturated rings. The number of carbonyl (C=O) groups excluding carboxylic acids is 1. The number of nitrogens with zero attached hydrogens (tertiary/aromatic N) is 1. The van der Waals surface area contributed by atoms with Gasteiger partial charge in [0.15, 0.2) is 0 Å². The van der Waals surface area contributed by atoms with Crippen LogP contribution in [0.1, 0.15) is 19.4 Å². The Morgan fingerprint density at radius 3 is 2.47 bits per heavy atom. The van der Waals surface area contributed by atoms with Crippen LogP contribution in [-0.2, 0) is 11.3 Å². The molecule has 0 unspecified atom stereocenters. The van der Waals surface area contributed by atoms with Gasteiger partial charge in [0.1, 0.15) is 5.78 Å². The van der Waals surface area contributed by atoms with Crippen LogP contribution in [0, 0.1) is 5.92 Å². The predicted octanol–water partition coefficient (Wildman–Crippen LogP) is 1.71. The Labute approximate surface area is 103 Å². The Hall–Kier alpha value is -1.19. The highest BCUT2D eigenvalue weighted by Gasteiger charge is 2.13. The van der Waals surface area contributed by atoms with Gasteiger partial charge in [-0.1, -0.05) is 44.2 Å². The molecule has 0 aliphatic rings. The van der Waals surface area contributed by atoms with E-state index in [0.29, 0.717) is 19.6 Å². The summed E-state index contributed by atoms with van der Waals surface area (Å²) in [6.07, 6.45) is 0. The standard InChI is InChI=1S/C14H21NO2/c1-12(2)14(17)11-15(8-9-16)10-13-6-4-3-5-7-13/h3-7,12,16H,8-11H2,1-2H3. The Morgan fingerprint density at radius 1 is 1.29 bits per heavy atom. The molecule has 0 saturated carbocycles. The third-order valence-corrected chi connectivity index (χ3v) is 2.69. The number of aliphatic hydroxyl groups excluding tert-OH is 1. The zero-order chi connectivity index (χ0) is 12.7. The van der Waals surface area contributed by atoms with Crippen LogP contribution in [0.2, 0.25) is 0 Å². The molecule has 0 atom stereocenters. The van der Waals surface area contributed by atoms with Crippen molar-refractivity contribution in [3.63, 3.8) is 0 Å². The molecule has 0 aromatic heterocycles. The molecule has 17 heavy (non-hydrogen) atoms. The van der Waals surface area contributed by atoms with Crippen molar-refractivity contribution in [2.24, 2.45) is 5.92 Å². The summed E-state index contributed by atoms with van der Waals surface area (Å²) in [5.41, 5.74) is 1.16. The van der Waals surface area contributed by atoms with Gasteiger partial charge in [-0.05, 0) is 5.56 Å². The van der Waals surface area contributed by atoms with Crippen LogP contribution < -0.4 is 0 Å². The average molecular weight is 235 g/mol. The first-order valence-electron chi connectivity index (χ1n) is 6.03. The molecular weight excluding hydrogens is 214 g/mol. The minimum absolute atomic E-state index is 0.0481. The van der Waals surface area contributed by atoms with E-state index in [4.69, 9.17) is 5.11 Å². The molecule has 0 aliphatic carbocycles. The summed E-state index contributed by atoms with van der Waals surface area (Å²) in [6, 6.07) is 10.0. The fraction of sp³-hybridized carbons (Fsp3) is 0.500. The van der Waals surface area contributed by atoms with Crippen molar-refractivity contribution in [3.8, 4) is 0 Å². The summed E-state index contributed by atoms with van der Waals surface area (Å²) in [4.78, 5) is 13.7.